The van der Waals surface area contributed by atoms with E-state index in [1.165, 1.54) is 17.4 Å². The molecule has 1 atom stereocenters. The lowest BCUT2D eigenvalue weighted by molar-refractivity contribution is -0.138. The number of piperidine rings is 1. The third-order valence-corrected chi connectivity index (χ3v) is 6.70. The van der Waals surface area contributed by atoms with Crippen LogP contribution in [0.25, 0.3) is 10.2 Å². The van der Waals surface area contributed by atoms with Gasteiger partial charge in [0.15, 0.2) is 0 Å². The molecule has 0 radical (unpaired) electrons. The van der Waals surface area contributed by atoms with Crippen LogP contribution in [0.3, 0.4) is 0 Å². The molecule has 1 unspecified atom stereocenters. The minimum atomic E-state index is -4.35. The van der Waals surface area contributed by atoms with Crippen molar-refractivity contribution in [3.05, 3.63) is 40.9 Å². The first-order chi connectivity index (χ1) is 12.9. The number of aromatic nitrogens is 1. The SMILES string of the molecule is O=C(C1CC=CCC1)N1CCC(c2nc3cc(C(F)(F)F)ccc3s2)CC1. The first kappa shape index (κ1) is 18.5. The molecule has 1 fully saturated rings. The number of carbonyl (C=O) groups is 1. The van der Waals surface area contributed by atoms with Crippen LogP contribution in [0.5, 0.6) is 0 Å². The van der Waals surface area contributed by atoms with Gasteiger partial charge >= 0.3 is 6.18 Å². The fourth-order valence-corrected chi connectivity index (χ4v) is 5.04. The van der Waals surface area contributed by atoms with Gasteiger partial charge in [-0.25, -0.2) is 4.98 Å². The number of hydrogen-bond acceptors (Lipinski definition) is 3. The number of hydrogen-bond donors (Lipinski definition) is 0. The van der Waals surface area contributed by atoms with Crippen LogP contribution in [0, 0.1) is 5.92 Å². The predicted molar refractivity (Wildman–Crippen MR) is 99.7 cm³/mol. The topological polar surface area (TPSA) is 33.2 Å². The maximum atomic E-state index is 12.9. The Balaban J connectivity index is 1.43. The van der Waals surface area contributed by atoms with Crippen molar-refractivity contribution in [1.82, 2.24) is 9.88 Å². The maximum absolute atomic E-state index is 12.9. The number of carbonyl (C=O) groups excluding carboxylic acids is 1. The van der Waals surface area contributed by atoms with Crippen molar-refractivity contribution in [2.24, 2.45) is 5.92 Å². The third-order valence-electron chi connectivity index (χ3n) is 5.51. The second-order valence-electron chi connectivity index (χ2n) is 7.31. The Morgan fingerprint density at radius 2 is 1.93 bits per heavy atom. The number of fused-ring (bicyclic) bond motifs is 1. The molecule has 2 heterocycles. The summed E-state index contributed by atoms with van der Waals surface area (Å²) in [5.74, 6) is 0.568. The van der Waals surface area contributed by atoms with Crippen LogP contribution < -0.4 is 0 Å². The van der Waals surface area contributed by atoms with Crippen molar-refractivity contribution in [3.63, 3.8) is 0 Å². The van der Waals surface area contributed by atoms with Crippen LogP contribution in [0.15, 0.2) is 30.4 Å². The van der Waals surface area contributed by atoms with Crippen molar-refractivity contribution in [3.8, 4) is 0 Å². The van der Waals surface area contributed by atoms with E-state index in [4.69, 9.17) is 0 Å². The molecule has 1 aromatic heterocycles. The van der Waals surface area contributed by atoms with E-state index in [0.29, 0.717) is 18.6 Å². The quantitative estimate of drug-likeness (QED) is 0.641. The summed E-state index contributed by atoms with van der Waals surface area (Å²) in [4.78, 5) is 19.1. The highest BCUT2D eigenvalue weighted by Gasteiger charge is 2.32. The monoisotopic (exact) mass is 394 g/mol. The molecule has 2 aromatic rings. The fraction of sp³-hybridized carbons (Fsp3) is 0.500. The van der Waals surface area contributed by atoms with E-state index in [1.54, 1.807) is 0 Å². The molecule has 2 aliphatic rings. The van der Waals surface area contributed by atoms with Gasteiger partial charge in [-0.15, -0.1) is 11.3 Å². The van der Waals surface area contributed by atoms with Gasteiger partial charge < -0.3 is 4.90 Å². The molecule has 1 aromatic carbocycles. The highest BCUT2D eigenvalue weighted by molar-refractivity contribution is 7.18. The minimum absolute atomic E-state index is 0.106. The Bertz CT molecular complexity index is 866. The van der Waals surface area contributed by atoms with Crippen molar-refractivity contribution >= 4 is 27.5 Å². The smallest absolute Gasteiger partial charge is 0.342 e. The van der Waals surface area contributed by atoms with Gasteiger partial charge in [0.05, 0.1) is 20.8 Å². The summed E-state index contributed by atoms with van der Waals surface area (Å²) in [7, 11) is 0. The van der Waals surface area contributed by atoms with E-state index in [2.05, 4.69) is 17.1 Å². The van der Waals surface area contributed by atoms with E-state index < -0.39 is 11.7 Å². The summed E-state index contributed by atoms with van der Waals surface area (Å²) in [5.41, 5.74) is -0.244. The number of likely N-dealkylation sites (tertiary alicyclic amines) is 1. The highest BCUT2D eigenvalue weighted by atomic mass is 32.1. The molecule has 4 rings (SSSR count). The number of amides is 1. The van der Waals surface area contributed by atoms with E-state index >= 15 is 0 Å². The van der Waals surface area contributed by atoms with Gasteiger partial charge in [0, 0.05) is 24.9 Å². The van der Waals surface area contributed by atoms with E-state index in [1.807, 2.05) is 4.90 Å². The Kier molecular flexibility index (Phi) is 4.97. The van der Waals surface area contributed by atoms with Crippen molar-refractivity contribution in [2.45, 2.75) is 44.2 Å². The average molecular weight is 394 g/mol. The molecule has 0 spiro atoms. The first-order valence-electron chi connectivity index (χ1n) is 9.33. The minimum Gasteiger partial charge on any atom is -0.342 e. The number of allylic oxidation sites excluding steroid dienone is 2. The Morgan fingerprint density at radius 1 is 1.15 bits per heavy atom. The van der Waals surface area contributed by atoms with Crippen molar-refractivity contribution < 1.29 is 18.0 Å². The summed E-state index contributed by atoms with van der Waals surface area (Å²) in [5, 5.41) is 0.886. The maximum Gasteiger partial charge on any atom is 0.416 e. The molecule has 0 saturated carbocycles. The molecule has 0 N–H and O–H groups in total. The molecule has 7 heteroatoms. The average Bonchev–Trinajstić information content (AvgIpc) is 3.11. The highest BCUT2D eigenvalue weighted by Crippen LogP contribution is 2.37. The van der Waals surface area contributed by atoms with Crippen LogP contribution >= 0.6 is 11.3 Å². The normalized spacial score (nSPS) is 21.7. The number of rotatable bonds is 2. The zero-order valence-electron chi connectivity index (χ0n) is 14.8. The lowest BCUT2D eigenvalue weighted by Gasteiger charge is -2.34. The van der Waals surface area contributed by atoms with Gasteiger partial charge in [0.25, 0.3) is 0 Å². The molecular formula is C20H21F3N2OS. The van der Waals surface area contributed by atoms with Gasteiger partial charge in [0.1, 0.15) is 0 Å². The van der Waals surface area contributed by atoms with E-state index in [-0.39, 0.29) is 17.7 Å². The van der Waals surface area contributed by atoms with E-state index in [0.717, 1.165) is 53.9 Å². The van der Waals surface area contributed by atoms with Crippen LogP contribution in [-0.2, 0) is 11.0 Å². The summed E-state index contributed by atoms with van der Waals surface area (Å²) in [6.07, 6.45) is 4.24. The van der Waals surface area contributed by atoms with Gasteiger partial charge in [-0.05, 0) is 50.3 Å². The molecular weight excluding hydrogens is 373 g/mol. The van der Waals surface area contributed by atoms with Gasteiger partial charge in [0.2, 0.25) is 5.91 Å². The second-order valence-corrected chi connectivity index (χ2v) is 8.38. The lowest BCUT2D eigenvalue weighted by atomic mass is 9.91. The van der Waals surface area contributed by atoms with Crippen molar-refractivity contribution in [1.29, 1.82) is 0 Å². The third kappa shape index (κ3) is 3.88. The zero-order valence-corrected chi connectivity index (χ0v) is 15.7. The van der Waals surface area contributed by atoms with Crippen LogP contribution in [-0.4, -0.2) is 28.9 Å². The molecule has 27 heavy (non-hydrogen) atoms. The van der Waals surface area contributed by atoms with E-state index in [9.17, 15) is 18.0 Å². The molecule has 1 amide bonds. The number of halogens is 3. The largest absolute Gasteiger partial charge is 0.416 e. The lowest BCUT2D eigenvalue weighted by Crippen LogP contribution is -2.41. The summed E-state index contributed by atoms with van der Waals surface area (Å²) in [6.45, 7) is 1.40. The zero-order chi connectivity index (χ0) is 19.0. The Morgan fingerprint density at radius 3 is 2.59 bits per heavy atom. The number of alkyl halides is 3. The van der Waals surface area contributed by atoms with Crippen molar-refractivity contribution in [2.75, 3.05) is 13.1 Å². The summed E-state index contributed by atoms with van der Waals surface area (Å²) < 4.78 is 39.4. The fourth-order valence-electron chi connectivity index (χ4n) is 3.92. The first-order valence-corrected chi connectivity index (χ1v) is 10.1. The second kappa shape index (κ2) is 7.26. The molecule has 3 nitrogen and oxygen atoms in total. The van der Waals surface area contributed by atoms with Gasteiger partial charge in [-0.2, -0.15) is 13.2 Å². The molecule has 1 aliphatic carbocycles. The molecule has 1 aliphatic heterocycles. The van der Waals surface area contributed by atoms with Crippen LogP contribution in [0.1, 0.15) is 48.6 Å². The Hall–Kier alpha value is -1.89. The van der Waals surface area contributed by atoms with Gasteiger partial charge in [-0.1, -0.05) is 12.2 Å². The molecule has 144 valence electrons. The molecule has 0 bridgehead atoms. The number of benzene rings is 1. The standard InChI is InChI=1S/C20H21F3N2OS/c21-20(22,23)15-6-7-17-16(12-15)24-18(27-17)13-8-10-25(11-9-13)19(26)14-4-2-1-3-5-14/h1-2,6-7,12-14H,3-5,8-11H2. The molecule has 1 saturated heterocycles. The number of nitrogens with zero attached hydrogens (tertiary/aromatic N) is 2. The van der Waals surface area contributed by atoms with Crippen LogP contribution in [0.2, 0.25) is 0 Å². The van der Waals surface area contributed by atoms with Gasteiger partial charge in [-0.3, -0.25) is 4.79 Å². The number of thiazole rings is 1. The predicted octanol–water partition coefficient (Wildman–Crippen LogP) is 5.38. The Labute approximate surface area is 159 Å². The summed E-state index contributed by atoms with van der Waals surface area (Å²) >= 11 is 1.47. The summed E-state index contributed by atoms with van der Waals surface area (Å²) in [6, 6.07) is 3.75. The van der Waals surface area contributed by atoms with Crippen LogP contribution in [0.4, 0.5) is 13.2 Å².